The summed E-state index contributed by atoms with van der Waals surface area (Å²) < 4.78 is 2.25. The Morgan fingerprint density at radius 1 is 1.06 bits per heavy atom. The predicted octanol–water partition coefficient (Wildman–Crippen LogP) is 1.01. The second-order valence-corrected chi connectivity index (χ2v) is 3.25. The Bertz CT molecular complexity index is 568. The van der Waals surface area contributed by atoms with Crippen LogP contribution in [-0.4, -0.2) is 28.0 Å². The van der Waals surface area contributed by atoms with Crippen LogP contribution in [0.5, 0.6) is 0 Å². The Balaban J connectivity index is 2.10. The Hall–Kier alpha value is -2.63. The van der Waals surface area contributed by atoms with Gasteiger partial charge in [0.2, 0.25) is 0 Å². The number of hydrogen-bond acceptors (Lipinski definition) is 4. The second-order valence-electron chi connectivity index (χ2n) is 3.25. The van der Waals surface area contributed by atoms with Gasteiger partial charge >= 0.3 is 6.09 Å². The topological polar surface area (TPSA) is 70.3 Å². The molecule has 0 unspecified atom stereocenters. The fourth-order valence-electron chi connectivity index (χ4n) is 1.25. The molecule has 2 aromatic heterocycles. The molecule has 0 bridgehead atoms. The molecule has 0 spiro atoms. The van der Waals surface area contributed by atoms with Crippen LogP contribution >= 0.6 is 0 Å². The van der Waals surface area contributed by atoms with E-state index in [2.05, 4.69) is 0 Å². The molecular weight excluding hydrogens is 224 g/mol. The van der Waals surface area contributed by atoms with E-state index in [4.69, 9.17) is 4.84 Å². The number of carbonyl (C=O) groups excluding carboxylic acids is 3. The van der Waals surface area contributed by atoms with Crippen molar-refractivity contribution in [1.82, 2.24) is 9.30 Å². The van der Waals surface area contributed by atoms with Crippen LogP contribution in [0.15, 0.2) is 36.9 Å². The minimum absolute atomic E-state index is 0.378. The number of hydrogen-bond donors (Lipinski definition) is 0. The Morgan fingerprint density at radius 2 is 1.71 bits per heavy atom. The van der Waals surface area contributed by atoms with Crippen molar-refractivity contribution in [2.24, 2.45) is 0 Å². The van der Waals surface area contributed by atoms with E-state index in [-0.39, 0.29) is 0 Å². The van der Waals surface area contributed by atoms with Crippen LogP contribution < -0.4 is 4.84 Å². The standard InChI is InChI=1S/C11H8N2O4/c14-7-9-1-3-12(5-9)11(16)17-13-4-2-10(6-13)8-15/h1-8H. The van der Waals surface area contributed by atoms with Gasteiger partial charge in [0, 0.05) is 29.7 Å². The maximum Gasteiger partial charge on any atom is 0.442 e. The van der Waals surface area contributed by atoms with E-state index < -0.39 is 6.09 Å². The largest absolute Gasteiger partial charge is 0.442 e. The molecule has 17 heavy (non-hydrogen) atoms. The summed E-state index contributed by atoms with van der Waals surface area (Å²) in [6.07, 6.45) is 6.16. The average Bonchev–Trinajstić information content (AvgIpc) is 2.96. The van der Waals surface area contributed by atoms with Gasteiger partial charge in [-0.1, -0.05) is 0 Å². The van der Waals surface area contributed by atoms with Gasteiger partial charge in [0.1, 0.15) is 0 Å². The van der Waals surface area contributed by atoms with E-state index >= 15 is 0 Å². The van der Waals surface area contributed by atoms with Crippen molar-refractivity contribution < 1.29 is 19.2 Å². The highest BCUT2D eigenvalue weighted by molar-refractivity contribution is 5.78. The first-order valence-corrected chi connectivity index (χ1v) is 4.72. The number of carbonyl (C=O) groups is 3. The molecule has 0 aliphatic rings. The van der Waals surface area contributed by atoms with Crippen molar-refractivity contribution in [3.63, 3.8) is 0 Å². The van der Waals surface area contributed by atoms with Gasteiger partial charge in [-0.2, -0.15) is 4.73 Å². The summed E-state index contributed by atoms with van der Waals surface area (Å²) >= 11 is 0. The monoisotopic (exact) mass is 232 g/mol. The molecule has 2 heterocycles. The van der Waals surface area contributed by atoms with Gasteiger partial charge in [-0.3, -0.25) is 14.2 Å². The van der Waals surface area contributed by atoms with Crippen molar-refractivity contribution in [3.8, 4) is 0 Å². The molecule has 0 amide bonds. The van der Waals surface area contributed by atoms with Gasteiger partial charge in [0.05, 0.1) is 6.20 Å². The lowest BCUT2D eigenvalue weighted by Gasteiger charge is -2.03. The van der Waals surface area contributed by atoms with E-state index in [1.165, 1.54) is 36.9 Å². The number of rotatable bonds is 3. The van der Waals surface area contributed by atoms with E-state index in [1.54, 1.807) is 0 Å². The quantitative estimate of drug-likeness (QED) is 0.740. The van der Waals surface area contributed by atoms with Crippen molar-refractivity contribution >= 4 is 18.7 Å². The normalized spacial score (nSPS) is 9.88. The zero-order valence-corrected chi connectivity index (χ0v) is 8.65. The lowest BCUT2D eigenvalue weighted by atomic mass is 10.4. The van der Waals surface area contributed by atoms with Gasteiger partial charge < -0.3 is 4.84 Å². The van der Waals surface area contributed by atoms with Gasteiger partial charge in [-0.15, -0.1) is 0 Å². The molecule has 0 saturated heterocycles. The molecule has 86 valence electrons. The zero-order chi connectivity index (χ0) is 12.3. The van der Waals surface area contributed by atoms with Crippen molar-refractivity contribution in [2.45, 2.75) is 0 Å². The van der Waals surface area contributed by atoms with E-state index in [1.807, 2.05) is 0 Å². The fourth-order valence-corrected chi connectivity index (χ4v) is 1.25. The summed E-state index contributed by atoms with van der Waals surface area (Å²) in [4.78, 5) is 37.3. The average molecular weight is 232 g/mol. The van der Waals surface area contributed by atoms with E-state index in [0.29, 0.717) is 23.7 Å². The first-order chi connectivity index (χ1) is 8.22. The molecule has 0 radical (unpaired) electrons. The molecule has 0 saturated carbocycles. The molecule has 2 rings (SSSR count). The number of nitrogens with zero attached hydrogens (tertiary/aromatic N) is 2. The predicted molar refractivity (Wildman–Crippen MR) is 57.0 cm³/mol. The third kappa shape index (κ3) is 2.31. The van der Waals surface area contributed by atoms with Gasteiger partial charge in [0.15, 0.2) is 12.6 Å². The van der Waals surface area contributed by atoms with Gasteiger partial charge in [-0.05, 0) is 12.1 Å². The maximum absolute atomic E-state index is 11.6. The second kappa shape index (κ2) is 4.48. The highest BCUT2D eigenvalue weighted by Gasteiger charge is 2.08. The van der Waals surface area contributed by atoms with Crippen molar-refractivity contribution in [2.75, 3.05) is 0 Å². The van der Waals surface area contributed by atoms with Gasteiger partial charge in [-0.25, -0.2) is 4.79 Å². The number of aromatic nitrogens is 2. The molecule has 0 aliphatic carbocycles. The third-order valence-electron chi connectivity index (χ3n) is 2.07. The first-order valence-electron chi connectivity index (χ1n) is 4.72. The van der Waals surface area contributed by atoms with Crippen LogP contribution in [0.2, 0.25) is 0 Å². The third-order valence-corrected chi connectivity index (χ3v) is 2.07. The summed E-state index contributed by atoms with van der Waals surface area (Å²) in [5.74, 6) is 0. The minimum atomic E-state index is -0.675. The summed E-state index contributed by atoms with van der Waals surface area (Å²) in [6, 6.07) is 2.99. The van der Waals surface area contributed by atoms with Crippen LogP contribution in [0.25, 0.3) is 0 Å². The molecule has 6 heteroatoms. The van der Waals surface area contributed by atoms with Crippen LogP contribution in [-0.2, 0) is 0 Å². The molecule has 0 atom stereocenters. The highest BCUT2D eigenvalue weighted by atomic mass is 16.7. The van der Waals surface area contributed by atoms with E-state index in [0.717, 1.165) is 9.30 Å². The summed E-state index contributed by atoms with van der Waals surface area (Å²) in [5.41, 5.74) is 0.780. The molecular formula is C11H8N2O4. The summed E-state index contributed by atoms with van der Waals surface area (Å²) in [7, 11) is 0. The summed E-state index contributed by atoms with van der Waals surface area (Å²) in [5, 5.41) is 0. The van der Waals surface area contributed by atoms with Crippen LogP contribution in [0.4, 0.5) is 4.79 Å². The Labute approximate surface area is 96.0 Å². The summed E-state index contributed by atoms with van der Waals surface area (Å²) in [6.45, 7) is 0. The maximum atomic E-state index is 11.6. The van der Waals surface area contributed by atoms with Crippen LogP contribution in [0, 0.1) is 0 Å². The molecule has 0 fully saturated rings. The SMILES string of the molecule is O=Cc1ccn(OC(=O)n2ccc(C=O)c2)c1. The van der Waals surface area contributed by atoms with Gasteiger partial charge in [0.25, 0.3) is 0 Å². The minimum Gasteiger partial charge on any atom is -0.317 e. The lowest BCUT2D eigenvalue weighted by molar-refractivity contribution is 0.111. The fraction of sp³-hybridized carbons (Fsp3) is 0. The van der Waals surface area contributed by atoms with Crippen molar-refractivity contribution in [1.29, 1.82) is 0 Å². The smallest absolute Gasteiger partial charge is 0.317 e. The number of aldehydes is 2. The molecule has 0 aromatic carbocycles. The zero-order valence-electron chi connectivity index (χ0n) is 8.65. The van der Waals surface area contributed by atoms with Crippen LogP contribution in [0.3, 0.4) is 0 Å². The Morgan fingerprint density at radius 3 is 2.29 bits per heavy atom. The van der Waals surface area contributed by atoms with Crippen molar-refractivity contribution in [3.05, 3.63) is 48.0 Å². The molecule has 6 nitrogen and oxygen atoms in total. The first kappa shape index (κ1) is 10.9. The highest BCUT2D eigenvalue weighted by Crippen LogP contribution is 2.00. The van der Waals surface area contributed by atoms with Crippen LogP contribution in [0.1, 0.15) is 20.7 Å². The molecule has 2 aromatic rings. The Kier molecular flexibility index (Phi) is 2.87. The van der Waals surface area contributed by atoms with E-state index in [9.17, 15) is 14.4 Å². The lowest BCUT2D eigenvalue weighted by Crippen LogP contribution is -2.22. The molecule has 0 N–H and O–H groups in total. The molecule has 0 aliphatic heterocycles.